The smallest absolute Gasteiger partial charge is 0.253 e. The monoisotopic (exact) mass is 381 g/mol. The minimum atomic E-state index is -0.0274. The lowest BCUT2D eigenvalue weighted by Gasteiger charge is -2.10. The average molecular weight is 382 g/mol. The average Bonchev–Trinajstić information content (AvgIpc) is 3.09. The van der Waals surface area contributed by atoms with Gasteiger partial charge in [0.2, 0.25) is 5.91 Å². The van der Waals surface area contributed by atoms with Crippen LogP contribution >= 0.6 is 11.3 Å². The Bertz CT molecular complexity index is 899. The zero-order valence-electron chi connectivity index (χ0n) is 15.6. The van der Waals surface area contributed by atoms with Crippen molar-refractivity contribution in [2.45, 2.75) is 25.8 Å². The fourth-order valence-corrected chi connectivity index (χ4v) is 3.75. The van der Waals surface area contributed by atoms with Crippen molar-refractivity contribution in [1.29, 1.82) is 0 Å². The first-order chi connectivity index (χ1) is 13.0. The van der Waals surface area contributed by atoms with Gasteiger partial charge < -0.3 is 10.2 Å². The zero-order valence-corrected chi connectivity index (χ0v) is 16.4. The van der Waals surface area contributed by atoms with Crippen molar-refractivity contribution >= 4 is 33.4 Å². The summed E-state index contributed by atoms with van der Waals surface area (Å²) >= 11 is 1.69. The van der Waals surface area contributed by atoms with Crippen LogP contribution in [-0.4, -0.2) is 35.8 Å². The van der Waals surface area contributed by atoms with Crippen molar-refractivity contribution in [1.82, 2.24) is 15.2 Å². The molecule has 0 radical (unpaired) electrons. The van der Waals surface area contributed by atoms with Gasteiger partial charge in [-0.15, -0.1) is 11.3 Å². The van der Waals surface area contributed by atoms with Crippen LogP contribution in [0.5, 0.6) is 0 Å². The van der Waals surface area contributed by atoms with Crippen molar-refractivity contribution in [3.8, 4) is 0 Å². The first-order valence-corrected chi connectivity index (χ1v) is 9.76. The summed E-state index contributed by atoms with van der Waals surface area (Å²) in [5.41, 5.74) is 2.65. The molecule has 0 spiro atoms. The van der Waals surface area contributed by atoms with E-state index in [0.717, 1.165) is 28.9 Å². The second-order valence-electron chi connectivity index (χ2n) is 6.60. The number of para-hydroxylation sites is 1. The van der Waals surface area contributed by atoms with E-state index in [9.17, 15) is 9.59 Å². The van der Waals surface area contributed by atoms with Gasteiger partial charge in [0.05, 0.1) is 15.2 Å². The Morgan fingerprint density at radius 2 is 1.81 bits per heavy atom. The summed E-state index contributed by atoms with van der Waals surface area (Å²) in [7, 11) is 3.45. The van der Waals surface area contributed by atoms with Gasteiger partial charge in [-0.3, -0.25) is 9.59 Å². The van der Waals surface area contributed by atoms with E-state index < -0.39 is 0 Å². The minimum absolute atomic E-state index is 0.0274. The molecule has 0 fully saturated rings. The number of thiazole rings is 1. The summed E-state index contributed by atoms with van der Waals surface area (Å²) in [6.07, 6.45) is 2.07. The number of amides is 2. The number of carbonyl (C=O) groups is 2. The number of rotatable bonds is 7. The van der Waals surface area contributed by atoms with E-state index >= 15 is 0 Å². The first kappa shape index (κ1) is 19.0. The molecule has 1 heterocycles. The van der Waals surface area contributed by atoms with E-state index in [1.807, 2.05) is 30.3 Å². The standard InChI is InChI=1S/C21H23N3O2S/c1-24(2)21(26)16-12-10-15(11-13-16)14-22-19(25)8-5-9-20-23-17-6-3-4-7-18(17)27-20/h3-4,6-7,10-13H,5,8-9,14H2,1-2H3,(H,22,25). The van der Waals surface area contributed by atoms with E-state index in [1.165, 1.54) is 4.70 Å². The summed E-state index contributed by atoms with van der Waals surface area (Å²) < 4.78 is 1.19. The van der Waals surface area contributed by atoms with Crippen molar-refractivity contribution in [2.75, 3.05) is 14.1 Å². The molecule has 2 amide bonds. The molecule has 3 aromatic rings. The summed E-state index contributed by atoms with van der Waals surface area (Å²) in [4.78, 5) is 30.1. The van der Waals surface area contributed by atoms with Crippen LogP contribution in [0.1, 0.15) is 33.8 Å². The van der Waals surface area contributed by atoms with Gasteiger partial charge in [-0.25, -0.2) is 4.98 Å². The highest BCUT2D eigenvalue weighted by molar-refractivity contribution is 7.18. The van der Waals surface area contributed by atoms with E-state index in [-0.39, 0.29) is 11.8 Å². The topological polar surface area (TPSA) is 62.3 Å². The number of carbonyl (C=O) groups excluding carboxylic acids is 2. The molecule has 0 unspecified atom stereocenters. The molecule has 140 valence electrons. The van der Waals surface area contributed by atoms with Gasteiger partial charge in [0.25, 0.3) is 5.91 Å². The summed E-state index contributed by atoms with van der Waals surface area (Å²) in [6, 6.07) is 15.4. The molecular formula is C21H23N3O2S. The molecule has 0 atom stereocenters. The van der Waals surface area contributed by atoms with Crippen LogP contribution < -0.4 is 5.32 Å². The molecule has 0 aliphatic carbocycles. The van der Waals surface area contributed by atoms with Crippen LogP contribution in [0.25, 0.3) is 10.2 Å². The molecule has 1 aromatic heterocycles. The molecule has 27 heavy (non-hydrogen) atoms. The highest BCUT2D eigenvalue weighted by atomic mass is 32.1. The molecule has 0 bridgehead atoms. The lowest BCUT2D eigenvalue weighted by atomic mass is 10.1. The normalized spacial score (nSPS) is 10.7. The van der Waals surface area contributed by atoms with Gasteiger partial charge in [0.15, 0.2) is 0 Å². The molecular weight excluding hydrogens is 358 g/mol. The molecule has 0 saturated heterocycles. The fourth-order valence-electron chi connectivity index (χ4n) is 2.74. The number of nitrogens with zero attached hydrogens (tertiary/aromatic N) is 2. The second kappa shape index (κ2) is 8.77. The third-order valence-corrected chi connectivity index (χ3v) is 5.33. The molecule has 2 aromatic carbocycles. The largest absolute Gasteiger partial charge is 0.352 e. The van der Waals surface area contributed by atoms with E-state index in [2.05, 4.69) is 16.4 Å². The molecule has 5 nitrogen and oxygen atoms in total. The Morgan fingerprint density at radius 1 is 1.07 bits per heavy atom. The Labute approximate surface area is 163 Å². The van der Waals surface area contributed by atoms with E-state index in [4.69, 9.17) is 0 Å². The van der Waals surface area contributed by atoms with Crippen LogP contribution in [0, 0.1) is 0 Å². The predicted octanol–water partition coefficient (Wildman–Crippen LogP) is 3.64. The van der Waals surface area contributed by atoms with Gasteiger partial charge >= 0.3 is 0 Å². The maximum atomic E-state index is 12.1. The Kier molecular flexibility index (Phi) is 6.19. The van der Waals surface area contributed by atoms with Crippen LogP contribution in [0.3, 0.4) is 0 Å². The highest BCUT2D eigenvalue weighted by Crippen LogP contribution is 2.22. The molecule has 0 aliphatic rings. The molecule has 3 rings (SSSR count). The van der Waals surface area contributed by atoms with Gasteiger partial charge in [-0.05, 0) is 42.7 Å². The summed E-state index contributed by atoms with van der Waals surface area (Å²) in [6.45, 7) is 0.469. The van der Waals surface area contributed by atoms with Crippen molar-refractivity contribution in [3.63, 3.8) is 0 Å². The maximum Gasteiger partial charge on any atom is 0.253 e. The number of benzene rings is 2. The number of aromatic nitrogens is 1. The van der Waals surface area contributed by atoms with Crippen LogP contribution in [0.2, 0.25) is 0 Å². The lowest BCUT2D eigenvalue weighted by Crippen LogP contribution is -2.23. The van der Waals surface area contributed by atoms with Crippen LogP contribution in [0.4, 0.5) is 0 Å². The molecule has 1 N–H and O–H groups in total. The van der Waals surface area contributed by atoms with Gasteiger partial charge in [-0.1, -0.05) is 24.3 Å². The van der Waals surface area contributed by atoms with Gasteiger partial charge in [0.1, 0.15) is 0 Å². The van der Waals surface area contributed by atoms with Crippen molar-refractivity contribution in [3.05, 3.63) is 64.7 Å². The lowest BCUT2D eigenvalue weighted by molar-refractivity contribution is -0.121. The van der Waals surface area contributed by atoms with Crippen LogP contribution in [0.15, 0.2) is 48.5 Å². The van der Waals surface area contributed by atoms with Crippen molar-refractivity contribution < 1.29 is 9.59 Å². The Balaban J connectivity index is 1.42. The van der Waals surface area contributed by atoms with Crippen molar-refractivity contribution in [2.24, 2.45) is 0 Å². The SMILES string of the molecule is CN(C)C(=O)c1ccc(CNC(=O)CCCc2nc3ccccc3s2)cc1. The summed E-state index contributed by atoms with van der Waals surface area (Å²) in [5, 5.41) is 4.01. The number of fused-ring (bicyclic) bond motifs is 1. The van der Waals surface area contributed by atoms with E-state index in [0.29, 0.717) is 18.5 Å². The Morgan fingerprint density at radius 3 is 2.52 bits per heavy atom. The number of hydrogen-bond donors (Lipinski definition) is 1. The molecule has 0 aliphatic heterocycles. The Hall–Kier alpha value is -2.73. The number of aryl methyl sites for hydroxylation is 1. The quantitative estimate of drug-likeness (QED) is 0.680. The molecule has 0 saturated carbocycles. The second-order valence-corrected chi connectivity index (χ2v) is 7.72. The van der Waals surface area contributed by atoms with Gasteiger partial charge in [0, 0.05) is 32.6 Å². The first-order valence-electron chi connectivity index (χ1n) is 8.94. The zero-order chi connectivity index (χ0) is 19.2. The van der Waals surface area contributed by atoms with Gasteiger partial charge in [-0.2, -0.15) is 0 Å². The predicted molar refractivity (Wildman–Crippen MR) is 109 cm³/mol. The highest BCUT2D eigenvalue weighted by Gasteiger charge is 2.08. The number of hydrogen-bond acceptors (Lipinski definition) is 4. The summed E-state index contributed by atoms with van der Waals surface area (Å²) in [5.74, 6) is 0.00462. The van der Waals surface area contributed by atoms with E-state index in [1.54, 1.807) is 42.5 Å². The third-order valence-electron chi connectivity index (χ3n) is 4.23. The third kappa shape index (κ3) is 5.14. The number of nitrogens with one attached hydrogen (secondary N) is 1. The fraction of sp³-hybridized carbons (Fsp3) is 0.286. The van der Waals surface area contributed by atoms with Crippen LogP contribution in [-0.2, 0) is 17.8 Å². The minimum Gasteiger partial charge on any atom is -0.352 e. The molecule has 6 heteroatoms. The maximum absolute atomic E-state index is 12.1.